The Morgan fingerprint density at radius 3 is 2.53 bits per heavy atom. The van der Waals surface area contributed by atoms with Crippen molar-refractivity contribution in [3.63, 3.8) is 0 Å². The Labute approximate surface area is 185 Å². The zero-order valence-electron chi connectivity index (χ0n) is 17.7. The molecule has 1 aliphatic heterocycles. The third-order valence-electron chi connectivity index (χ3n) is 5.34. The molecule has 0 aliphatic carbocycles. The minimum Gasteiger partial charge on any atom is -0.496 e. The van der Waals surface area contributed by atoms with E-state index in [9.17, 15) is 10.1 Å². The van der Waals surface area contributed by atoms with Crippen LogP contribution in [-0.4, -0.2) is 25.6 Å². The number of carbonyl (C=O) groups is 1. The molecule has 1 aliphatic rings. The lowest BCUT2D eigenvalue weighted by molar-refractivity contribution is -0.112. The molecule has 1 heterocycles. The molecule has 0 bridgehead atoms. The molecule has 1 N–H and O–H groups in total. The number of fused-ring (bicyclic) bond motifs is 1. The Kier molecular flexibility index (Phi) is 6.04. The highest BCUT2D eigenvalue weighted by atomic mass is 79.9. The molecule has 1 amide bonds. The fourth-order valence-corrected chi connectivity index (χ4v) is 3.78. The third-order valence-corrected chi connectivity index (χ3v) is 5.86. The minimum absolute atomic E-state index is 0.00213. The van der Waals surface area contributed by atoms with Gasteiger partial charge in [-0.15, -0.1) is 0 Å². The second-order valence-electron chi connectivity index (χ2n) is 7.78. The first-order chi connectivity index (χ1) is 14.2. The fraction of sp³-hybridized carbons (Fsp3) is 0.250. The lowest BCUT2D eigenvalue weighted by Crippen LogP contribution is -2.42. The number of ether oxygens (including phenoxy) is 1. The highest BCUT2D eigenvalue weighted by molar-refractivity contribution is 9.10. The summed E-state index contributed by atoms with van der Waals surface area (Å²) in [7, 11) is 3.63. The molecular formula is C24H24BrN3O2. The van der Waals surface area contributed by atoms with E-state index in [0.29, 0.717) is 17.0 Å². The van der Waals surface area contributed by atoms with Crippen LogP contribution in [0.4, 0.5) is 11.4 Å². The van der Waals surface area contributed by atoms with Gasteiger partial charge in [-0.05, 0) is 62.8 Å². The Bertz CT molecular complexity index is 1090. The Hall–Kier alpha value is -3.04. The van der Waals surface area contributed by atoms with Crippen molar-refractivity contribution in [2.24, 2.45) is 0 Å². The maximum atomic E-state index is 12.6. The van der Waals surface area contributed by atoms with Crippen LogP contribution >= 0.6 is 15.9 Å². The molecule has 0 saturated carbocycles. The van der Waals surface area contributed by atoms with Crippen LogP contribution < -0.4 is 15.0 Å². The number of amides is 1. The van der Waals surface area contributed by atoms with E-state index in [1.807, 2.05) is 37.4 Å². The van der Waals surface area contributed by atoms with Crippen LogP contribution in [-0.2, 0) is 4.79 Å². The van der Waals surface area contributed by atoms with Gasteiger partial charge in [0.25, 0.3) is 5.91 Å². The molecular weight excluding hydrogens is 442 g/mol. The number of nitrogens with zero attached hydrogens (tertiary/aromatic N) is 2. The minimum atomic E-state index is -0.467. The van der Waals surface area contributed by atoms with Crippen LogP contribution in [0.3, 0.4) is 0 Å². The number of nitriles is 1. The number of rotatable bonds is 4. The zero-order valence-corrected chi connectivity index (χ0v) is 19.3. The lowest BCUT2D eigenvalue weighted by atomic mass is 9.88. The average molecular weight is 466 g/mol. The van der Waals surface area contributed by atoms with E-state index >= 15 is 0 Å². The van der Waals surface area contributed by atoms with Crippen LogP contribution in [0.25, 0.3) is 11.6 Å². The van der Waals surface area contributed by atoms with Crippen molar-refractivity contribution in [2.75, 3.05) is 24.4 Å². The maximum absolute atomic E-state index is 12.6. The number of anilines is 2. The number of nitrogens with one attached hydrogen (secondary N) is 1. The summed E-state index contributed by atoms with van der Waals surface area (Å²) in [6.07, 6.45) is 3.78. The molecule has 154 valence electrons. The molecule has 6 heteroatoms. The van der Waals surface area contributed by atoms with Crippen molar-refractivity contribution in [3.8, 4) is 11.8 Å². The van der Waals surface area contributed by atoms with Crippen molar-refractivity contribution >= 4 is 44.9 Å². The maximum Gasteiger partial charge on any atom is 0.266 e. The van der Waals surface area contributed by atoms with E-state index in [-0.39, 0.29) is 11.1 Å². The normalized spacial score (nSPS) is 15.0. The number of hydrogen-bond acceptors (Lipinski definition) is 4. The number of allylic oxidation sites excluding steroid dienone is 1. The highest BCUT2D eigenvalue weighted by Crippen LogP contribution is 2.41. The summed E-state index contributed by atoms with van der Waals surface area (Å²) in [5.41, 5.74) is 4.41. The van der Waals surface area contributed by atoms with Gasteiger partial charge in [-0.1, -0.05) is 22.0 Å². The van der Waals surface area contributed by atoms with Crippen molar-refractivity contribution < 1.29 is 9.53 Å². The van der Waals surface area contributed by atoms with Gasteiger partial charge in [0.1, 0.15) is 17.4 Å². The first-order valence-corrected chi connectivity index (χ1v) is 10.3. The van der Waals surface area contributed by atoms with Gasteiger partial charge in [-0.25, -0.2) is 0 Å². The van der Waals surface area contributed by atoms with Crippen LogP contribution in [0.1, 0.15) is 31.9 Å². The molecule has 3 rings (SSSR count). The van der Waals surface area contributed by atoms with Gasteiger partial charge in [0.05, 0.1) is 12.6 Å². The van der Waals surface area contributed by atoms with E-state index < -0.39 is 5.91 Å². The van der Waals surface area contributed by atoms with E-state index in [4.69, 9.17) is 4.74 Å². The molecule has 5 nitrogen and oxygen atoms in total. The topological polar surface area (TPSA) is 65.4 Å². The molecule has 2 aromatic rings. The van der Waals surface area contributed by atoms with E-state index in [0.717, 1.165) is 21.3 Å². The van der Waals surface area contributed by atoms with Crippen molar-refractivity contribution in [3.05, 3.63) is 63.6 Å². The predicted octanol–water partition coefficient (Wildman–Crippen LogP) is 5.64. The predicted molar refractivity (Wildman–Crippen MR) is 125 cm³/mol. The summed E-state index contributed by atoms with van der Waals surface area (Å²) < 4.78 is 6.49. The number of hydrogen-bond donors (Lipinski definition) is 1. The summed E-state index contributed by atoms with van der Waals surface area (Å²) in [5, 5.41) is 12.4. The smallest absolute Gasteiger partial charge is 0.266 e. The van der Waals surface area contributed by atoms with Crippen molar-refractivity contribution in [1.82, 2.24) is 0 Å². The standard InChI is InChI=1S/C24H24BrN3O2/c1-15-13-24(2,3)28(4)21-12-22(30-5)16(11-20(15)21)10-17(14-26)23(29)27-19-8-6-18(25)7-9-19/h6-13H,1-5H3,(H,27,29)/b17-10+. The van der Waals surface area contributed by atoms with Crippen LogP contribution in [0.15, 0.2) is 52.5 Å². The second-order valence-corrected chi connectivity index (χ2v) is 8.70. The van der Waals surface area contributed by atoms with Crippen molar-refractivity contribution in [2.45, 2.75) is 26.3 Å². The molecule has 2 aromatic carbocycles. The number of halogens is 1. The number of methoxy groups -OCH3 is 1. The molecule has 0 spiro atoms. The average Bonchev–Trinajstić information content (AvgIpc) is 2.71. The number of likely N-dealkylation sites (N-methyl/N-ethyl adjacent to an activating group) is 1. The number of benzene rings is 2. The van der Waals surface area contributed by atoms with E-state index in [2.05, 4.69) is 53.0 Å². The molecule has 0 unspecified atom stereocenters. The number of carbonyl (C=O) groups excluding carboxylic acids is 1. The van der Waals surface area contributed by atoms with Crippen LogP contribution in [0.5, 0.6) is 5.75 Å². The highest BCUT2D eigenvalue weighted by Gasteiger charge is 2.29. The molecule has 0 aromatic heterocycles. The summed E-state index contributed by atoms with van der Waals surface area (Å²) in [6, 6.07) is 13.1. The monoisotopic (exact) mass is 465 g/mol. The van der Waals surface area contributed by atoms with Gasteiger partial charge in [0, 0.05) is 40.1 Å². The van der Waals surface area contributed by atoms with Gasteiger partial charge >= 0.3 is 0 Å². The molecule has 30 heavy (non-hydrogen) atoms. The van der Waals surface area contributed by atoms with Crippen molar-refractivity contribution in [1.29, 1.82) is 5.26 Å². The molecule has 0 fully saturated rings. The van der Waals surface area contributed by atoms with Crippen LogP contribution in [0.2, 0.25) is 0 Å². The van der Waals surface area contributed by atoms with Gasteiger partial charge in [0.15, 0.2) is 0 Å². The van der Waals surface area contributed by atoms with Crippen LogP contribution in [0, 0.1) is 11.3 Å². The first-order valence-electron chi connectivity index (χ1n) is 9.50. The Balaban J connectivity index is 2.01. The Morgan fingerprint density at radius 1 is 1.27 bits per heavy atom. The van der Waals surface area contributed by atoms with Gasteiger partial charge in [-0.2, -0.15) is 5.26 Å². The summed E-state index contributed by atoms with van der Waals surface area (Å²) in [4.78, 5) is 14.8. The molecule has 0 atom stereocenters. The zero-order chi connectivity index (χ0) is 22.1. The molecule has 0 saturated heterocycles. The summed E-state index contributed by atoms with van der Waals surface area (Å²) in [6.45, 7) is 6.37. The summed E-state index contributed by atoms with van der Waals surface area (Å²) in [5.74, 6) is 0.139. The van der Waals surface area contributed by atoms with E-state index in [1.54, 1.807) is 25.3 Å². The van der Waals surface area contributed by atoms with Gasteiger partial charge in [-0.3, -0.25) is 4.79 Å². The second kappa shape index (κ2) is 8.37. The van der Waals surface area contributed by atoms with Gasteiger partial charge < -0.3 is 15.0 Å². The molecule has 0 radical (unpaired) electrons. The quantitative estimate of drug-likeness (QED) is 0.468. The lowest BCUT2D eigenvalue weighted by Gasteiger charge is -2.41. The largest absolute Gasteiger partial charge is 0.496 e. The first kappa shape index (κ1) is 21.7. The van der Waals surface area contributed by atoms with E-state index in [1.165, 1.54) is 0 Å². The fourth-order valence-electron chi connectivity index (χ4n) is 3.52. The third kappa shape index (κ3) is 4.27. The Morgan fingerprint density at radius 2 is 1.93 bits per heavy atom. The SMILES string of the molecule is COc1cc2c(cc1/C=C(\C#N)C(=O)Nc1ccc(Br)cc1)C(C)=CC(C)(C)N2C. The van der Waals surface area contributed by atoms with Gasteiger partial charge in [0.2, 0.25) is 0 Å². The summed E-state index contributed by atoms with van der Waals surface area (Å²) >= 11 is 3.36.